The summed E-state index contributed by atoms with van der Waals surface area (Å²) in [4.78, 5) is 4.86. The van der Waals surface area contributed by atoms with Crippen LogP contribution in [0.25, 0.3) is 23.3 Å². The van der Waals surface area contributed by atoms with E-state index in [0.29, 0.717) is 13.2 Å². The summed E-state index contributed by atoms with van der Waals surface area (Å²) >= 11 is 0. The molecule has 0 fully saturated rings. The lowest BCUT2D eigenvalue weighted by Gasteiger charge is -2.27. The van der Waals surface area contributed by atoms with Gasteiger partial charge in [0.2, 0.25) is 0 Å². The average molecular weight is 1200 g/mol. The molecule has 0 saturated carbocycles. The Kier molecular flexibility index (Phi) is 30.9. The van der Waals surface area contributed by atoms with Crippen molar-refractivity contribution < 1.29 is 9.47 Å². The Bertz CT molecular complexity index is 2960. The van der Waals surface area contributed by atoms with Crippen molar-refractivity contribution in [3.05, 3.63) is 252 Å². The predicted molar refractivity (Wildman–Crippen MR) is 391 cm³/mol. The second kappa shape index (κ2) is 40.5. The van der Waals surface area contributed by atoms with E-state index in [1.807, 2.05) is 12.2 Å². The molecule has 0 unspecified atom stereocenters. The van der Waals surface area contributed by atoms with E-state index in [0.717, 1.165) is 74.2 Å². The molecule has 0 spiro atoms. The molecule has 474 valence electrons. The van der Waals surface area contributed by atoms with Crippen molar-refractivity contribution in [2.24, 2.45) is 0 Å². The molecule has 0 heterocycles. The van der Waals surface area contributed by atoms with Gasteiger partial charge >= 0.3 is 0 Å². The van der Waals surface area contributed by atoms with E-state index in [9.17, 15) is 0 Å². The molecule has 0 aliphatic heterocycles. The Labute approximate surface area is 545 Å². The third-order valence-electron chi connectivity index (χ3n) is 18.0. The van der Waals surface area contributed by atoms with Crippen LogP contribution in [-0.2, 0) is 48.4 Å². The van der Waals surface area contributed by atoms with Crippen LogP contribution in [-0.4, -0.2) is 13.2 Å². The van der Waals surface area contributed by atoms with Crippen LogP contribution in [0.3, 0.4) is 0 Å². The summed E-state index contributed by atoms with van der Waals surface area (Å²) < 4.78 is 11.9. The molecule has 0 radical (unpaired) electrons. The summed E-state index contributed by atoms with van der Waals surface area (Å²) in [6.07, 6.45) is 38.8. The molecule has 0 aliphatic rings. The molecule has 0 bridgehead atoms. The van der Waals surface area contributed by atoms with E-state index < -0.39 is 0 Å². The van der Waals surface area contributed by atoms with Gasteiger partial charge in [0.05, 0.1) is 13.2 Å². The second-order valence-corrected chi connectivity index (χ2v) is 25.2. The number of ether oxygens (including phenoxy) is 2. The van der Waals surface area contributed by atoms with Gasteiger partial charge in [-0.25, -0.2) is 0 Å². The molecule has 0 aliphatic carbocycles. The average Bonchev–Trinajstić information content (AvgIpc) is 0.947. The Hall–Kier alpha value is -7.24. The summed E-state index contributed by atoms with van der Waals surface area (Å²) in [6.45, 7) is 15.3. The van der Waals surface area contributed by atoms with Crippen molar-refractivity contribution >= 4 is 46.3 Å². The highest BCUT2D eigenvalue weighted by molar-refractivity contribution is 5.81. The highest BCUT2D eigenvalue weighted by Crippen LogP contribution is 2.39. The minimum atomic E-state index is 0.683. The van der Waals surface area contributed by atoms with Gasteiger partial charge in [0, 0.05) is 47.3 Å². The number of hydrogen-bond donors (Lipinski definition) is 0. The summed E-state index contributed by atoms with van der Waals surface area (Å²) in [5, 5.41) is 0. The Morgan fingerprint density at radius 1 is 0.256 bits per heavy atom. The molecule has 8 rings (SSSR count). The van der Waals surface area contributed by atoms with Gasteiger partial charge in [-0.3, -0.25) is 0 Å². The van der Waals surface area contributed by atoms with E-state index in [4.69, 9.17) is 9.47 Å². The Morgan fingerprint density at radius 3 is 0.733 bits per heavy atom. The highest BCUT2D eigenvalue weighted by atomic mass is 16.5. The summed E-state index contributed by atoms with van der Waals surface area (Å²) in [6, 6.07) is 72.9. The van der Waals surface area contributed by atoms with E-state index >= 15 is 0 Å². The van der Waals surface area contributed by atoms with Crippen molar-refractivity contribution in [2.45, 2.75) is 207 Å². The number of rotatable bonds is 45. The molecular weight excluding hydrogens is 1090 g/mol. The van der Waals surface area contributed by atoms with E-state index in [2.05, 4.69) is 231 Å². The molecule has 90 heavy (non-hydrogen) atoms. The molecule has 4 nitrogen and oxygen atoms in total. The van der Waals surface area contributed by atoms with Gasteiger partial charge in [-0.2, -0.15) is 0 Å². The van der Waals surface area contributed by atoms with Crippen LogP contribution in [0.4, 0.5) is 34.1 Å². The van der Waals surface area contributed by atoms with Gasteiger partial charge in [0.25, 0.3) is 0 Å². The molecule has 0 saturated heterocycles. The maximum absolute atomic E-state index is 5.96. The van der Waals surface area contributed by atoms with Crippen LogP contribution in [0.2, 0.25) is 0 Å². The summed E-state index contributed by atoms with van der Waals surface area (Å²) in [7, 11) is 0. The minimum absolute atomic E-state index is 0.683. The molecule has 8 aromatic carbocycles. The van der Waals surface area contributed by atoms with Crippen LogP contribution < -0.4 is 9.80 Å². The van der Waals surface area contributed by atoms with Crippen LogP contribution >= 0.6 is 0 Å². The van der Waals surface area contributed by atoms with E-state index in [1.165, 1.54) is 209 Å². The first-order valence-corrected chi connectivity index (χ1v) is 35.2. The van der Waals surface area contributed by atoms with Gasteiger partial charge in [0.15, 0.2) is 0 Å². The molecule has 8 aromatic rings. The predicted octanol–water partition coefficient (Wildman–Crippen LogP) is 25.6. The molecule has 0 atom stereocenters. The Morgan fingerprint density at radius 2 is 0.478 bits per heavy atom. The number of aryl methyl sites for hydroxylation is 4. The number of anilines is 6. The molecule has 0 amide bonds. The van der Waals surface area contributed by atoms with Gasteiger partial charge in [-0.1, -0.05) is 276 Å². The van der Waals surface area contributed by atoms with Gasteiger partial charge in [-0.05, 0) is 193 Å². The number of benzene rings is 8. The molecule has 4 heteroatoms. The first-order chi connectivity index (χ1) is 44.5. The zero-order chi connectivity index (χ0) is 62.5. The van der Waals surface area contributed by atoms with Crippen molar-refractivity contribution in [3.8, 4) is 11.1 Å². The van der Waals surface area contributed by atoms with Crippen molar-refractivity contribution in [1.82, 2.24) is 0 Å². The van der Waals surface area contributed by atoms with Gasteiger partial charge < -0.3 is 19.3 Å². The second-order valence-electron chi connectivity index (χ2n) is 25.2. The normalized spacial score (nSPS) is 11.3. The Balaban J connectivity index is 0.879. The lowest BCUT2D eigenvalue weighted by molar-refractivity contribution is 0.116. The van der Waals surface area contributed by atoms with Crippen molar-refractivity contribution in [2.75, 3.05) is 23.0 Å². The first-order valence-electron chi connectivity index (χ1n) is 35.2. The van der Waals surface area contributed by atoms with Gasteiger partial charge in [-0.15, -0.1) is 0 Å². The highest BCUT2D eigenvalue weighted by Gasteiger charge is 2.16. The fourth-order valence-corrected chi connectivity index (χ4v) is 12.3. The van der Waals surface area contributed by atoms with Crippen LogP contribution in [0.15, 0.2) is 207 Å². The quantitative estimate of drug-likeness (QED) is 0.0355. The number of nitrogens with zero attached hydrogens (tertiary/aromatic N) is 2. The SMILES string of the molecule is C=Cc1ccc(COCCCCCCCCc2ccc(N(c3ccc(CCCCCCCC)cc3)c3ccc(-c4ccc(N(c5ccc(CCCCCCCC)cc5)c5ccc(CCCCCCCCOCc6ccc(C=C)cc6)cc5)cc4)cc3)cc2)cc1. The largest absolute Gasteiger partial charge is 0.377 e. The van der Waals surface area contributed by atoms with Crippen LogP contribution in [0.5, 0.6) is 0 Å². The van der Waals surface area contributed by atoms with Crippen molar-refractivity contribution in [1.29, 1.82) is 0 Å². The topological polar surface area (TPSA) is 24.9 Å². The zero-order valence-electron chi connectivity index (χ0n) is 55.4. The maximum Gasteiger partial charge on any atom is 0.0716 e. The molecule has 0 aromatic heterocycles. The molecule has 0 N–H and O–H groups in total. The zero-order valence-corrected chi connectivity index (χ0v) is 55.4. The fraction of sp³-hybridized carbons (Fsp3) is 0.395. The standard InChI is InChI=1S/C86H108N2O2/c1-5-9-11-13-19-25-31-73-43-55-81(56-44-73)87(83-59-47-75(48-60-83)33-27-21-15-17-23-29-67-89-69-77-39-35-71(7-3)36-40-77)85-63-51-79(52-64-85)80-53-65-86(66-54-80)88(82-57-45-74(46-58-82)32-26-20-14-12-10-6-2)84-61-49-76(50-62-84)34-28-22-16-18-24-30-68-90-70-78-41-37-72(8-4)38-42-78/h7-8,35-66H,3-6,9-34,67-70H2,1-2H3. The van der Waals surface area contributed by atoms with Crippen LogP contribution in [0, 0.1) is 0 Å². The van der Waals surface area contributed by atoms with Crippen molar-refractivity contribution in [3.63, 3.8) is 0 Å². The molecular formula is C86H108N2O2. The fourth-order valence-electron chi connectivity index (χ4n) is 12.3. The third-order valence-corrected chi connectivity index (χ3v) is 18.0. The first kappa shape index (κ1) is 68.7. The third kappa shape index (κ3) is 23.9. The maximum atomic E-state index is 5.96. The minimum Gasteiger partial charge on any atom is -0.377 e. The summed E-state index contributed by atoms with van der Waals surface area (Å²) in [5.41, 5.74) is 19.9. The smallest absolute Gasteiger partial charge is 0.0716 e. The number of hydrogen-bond acceptors (Lipinski definition) is 4. The van der Waals surface area contributed by atoms with E-state index in [-0.39, 0.29) is 0 Å². The summed E-state index contributed by atoms with van der Waals surface area (Å²) in [5.74, 6) is 0. The van der Waals surface area contributed by atoms with Crippen LogP contribution in [0.1, 0.15) is 212 Å². The van der Waals surface area contributed by atoms with Gasteiger partial charge in [0.1, 0.15) is 0 Å². The lowest BCUT2D eigenvalue weighted by atomic mass is 10.0. The lowest BCUT2D eigenvalue weighted by Crippen LogP contribution is -2.10. The number of unbranched alkanes of at least 4 members (excludes halogenated alkanes) is 20. The van der Waals surface area contributed by atoms with E-state index in [1.54, 1.807) is 0 Å². The monoisotopic (exact) mass is 1200 g/mol.